The molecule has 0 unspecified atom stereocenters. The predicted octanol–water partition coefficient (Wildman–Crippen LogP) is 2.24. The van der Waals surface area contributed by atoms with Crippen molar-refractivity contribution in [3.63, 3.8) is 0 Å². The van der Waals surface area contributed by atoms with Gasteiger partial charge in [0.25, 0.3) is 0 Å². The molecule has 1 aromatic carbocycles. The van der Waals surface area contributed by atoms with E-state index in [4.69, 9.17) is 4.74 Å². The number of carbonyl (C=O) groups is 1. The zero-order valence-electron chi connectivity index (χ0n) is 13.6. The van der Waals surface area contributed by atoms with Crippen LogP contribution in [0.1, 0.15) is 31.2 Å². The molecule has 126 valence electrons. The Hall–Kier alpha value is -1.59. The molecule has 1 aliphatic heterocycles. The topological polar surface area (TPSA) is 53.0 Å². The van der Waals surface area contributed by atoms with Gasteiger partial charge in [0.1, 0.15) is 6.61 Å². The van der Waals surface area contributed by atoms with Crippen molar-refractivity contribution < 1.29 is 14.6 Å². The second-order valence-electron chi connectivity index (χ2n) is 6.53. The zero-order chi connectivity index (χ0) is 16.1. The summed E-state index contributed by atoms with van der Waals surface area (Å²) in [6, 6.07) is 10.3. The molecule has 2 fully saturated rings. The van der Waals surface area contributed by atoms with Crippen LogP contribution < -0.4 is 0 Å². The Bertz CT molecular complexity index is 492. The Labute approximate surface area is 137 Å². The highest BCUT2D eigenvalue weighted by atomic mass is 16.6. The number of aliphatic hydroxyl groups excluding tert-OH is 1. The lowest BCUT2D eigenvalue weighted by atomic mass is 9.91. The second kappa shape index (κ2) is 7.79. The fraction of sp³-hybridized carbons (Fsp3) is 0.611. The summed E-state index contributed by atoms with van der Waals surface area (Å²) in [5.74, 6) is 0. The second-order valence-corrected chi connectivity index (χ2v) is 6.53. The van der Waals surface area contributed by atoms with Crippen molar-refractivity contribution in [1.82, 2.24) is 9.80 Å². The summed E-state index contributed by atoms with van der Waals surface area (Å²) in [4.78, 5) is 16.4. The van der Waals surface area contributed by atoms with Gasteiger partial charge in [-0.1, -0.05) is 30.3 Å². The van der Waals surface area contributed by atoms with Crippen molar-refractivity contribution in [3.8, 4) is 0 Å². The first-order valence-electron chi connectivity index (χ1n) is 8.60. The molecule has 5 nitrogen and oxygen atoms in total. The molecule has 0 radical (unpaired) electrons. The van der Waals surface area contributed by atoms with Gasteiger partial charge in [0, 0.05) is 32.2 Å². The van der Waals surface area contributed by atoms with Crippen LogP contribution in [0, 0.1) is 0 Å². The van der Waals surface area contributed by atoms with Crippen molar-refractivity contribution in [2.24, 2.45) is 0 Å². The Morgan fingerprint density at radius 1 is 1.04 bits per heavy atom. The Kier molecular flexibility index (Phi) is 5.51. The van der Waals surface area contributed by atoms with Crippen LogP contribution in [0.5, 0.6) is 0 Å². The highest BCUT2D eigenvalue weighted by Crippen LogP contribution is 2.24. The van der Waals surface area contributed by atoms with E-state index in [0.717, 1.165) is 57.4 Å². The summed E-state index contributed by atoms with van der Waals surface area (Å²) in [7, 11) is 0. The van der Waals surface area contributed by atoms with Crippen LogP contribution in [0.3, 0.4) is 0 Å². The van der Waals surface area contributed by atoms with Gasteiger partial charge in [0.15, 0.2) is 0 Å². The van der Waals surface area contributed by atoms with Gasteiger partial charge >= 0.3 is 6.09 Å². The van der Waals surface area contributed by atoms with Crippen LogP contribution >= 0.6 is 0 Å². The molecule has 23 heavy (non-hydrogen) atoms. The highest BCUT2D eigenvalue weighted by molar-refractivity contribution is 5.67. The van der Waals surface area contributed by atoms with Gasteiger partial charge in [-0.15, -0.1) is 0 Å². The van der Waals surface area contributed by atoms with Crippen molar-refractivity contribution in [2.75, 3.05) is 26.2 Å². The average molecular weight is 318 g/mol. The predicted molar refractivity (Wildman–Crippen MR) is 88.0 cm³/mol. The molecule has 1 N–H and O–H groups in total. The van der Waals surface area contributed by atoms with E-state index in [1.807, 2.05) is 30.3 Å². The van der Waals surface area contributed by atoms with Gasteiger partial charge in [-0.2, -0.15) is 0 Å². The van der Waals surface area contributed by atoms with Gasteiger partial charge in [0.2, 0.25) is 0 Å². The molecule has 2 aliphatic rings. The standard InChI is InChI=1S/C18H26N2O3/c21-17-8-6-16(7-9-17)19-10-12-20(13-11-19)18(22)23-14-15-4-2-1-3-5-15/h1-5,16-17,21H,6-14H2. The van der Waals surface area contributed by atoms with Crippen LogP contribution in [0.2, 0.25) is 0 Å². The van der Waals surface area contributed by atoms with E-state index in [2.05, 4.69) is 4.90 Å². The fourth-order valence-corrected chi connectivity index (χ4v) is 3.50. The van der Waals surface area contributed by atoms with E-state index in [1.54, 1.807) is 4.90 Å². The molecule has 3 rings (SSSR count). The van der Waals surface area contributed by atoms with Crippen molar-refractivity contribution >= 4 is 6.09 Å². The lowest BCUT2D eigenvalue weighted by molar-refractivity contribution is 0.0353. The number of carbonyl (C=O) groups excluding carboxylic acids is 1. The highest BCUT2D eigenvalue weighted by Gasteiger charge is 2.29. The minimum Gasteiger partial charge on any atom is -0.445 e. The Balaban J connectivity index is 1.40. The monoisotopic (exact) mass is 318 g/mol. The van der Waals surface area contributed by atoms with E-state index in [0.29, 0.717) is 12.6 Å². The van der Waals surface area contributed by atoms with E-state index in [-0.39, 0.29) is 12.2 Å². The zero-order valence-corrected chi connectivity index (χ0v) is 13.6. The first-order valence-corrected chi connectivity index (χ1v) is 8.60. The molecule has 0 atom stereocenters. The SMILES string of the molecule is O=C(OCc1ccccc1)N1CCN(C2CCC(O)CC2)CC1. The van der Waals surface area contributed by atoms with Crippen LogP contribution in [0.15, 0.2) is 30.3 Å². The minimum atomic E-state index is -0.215. The Morgan fingerprint density at radius 2 is 1.70 bits per heavy atom. The summed E-state index contributed by atoms with van der Waals surface area (Å²) in [6.45, 7) is 3.60. The number of nitrogens with zero attached hydrogens (tertiary/aromatic N) is 2. The van der Waals surface area contributed by atoms with Crippen LogP contribution in [0.25, 0.3) is 0 Å². The third kappa shape index (κ3) is 4.45. The van der Waals surface area contributed by atoms with Crippen LogP contribution in [-0.4, -0.2) is 59.3 Å². The third-order valence-corrected chi connectivity index (χ3v) is 4.96. The number of piperazine rings is 1. The van der Waals surface area contributed by atoms with E-state index in [9.17, 15) is 9.90 Å². The van der Waals surface area contributed by atoms with Crippen LogP contribution in [0.4, 0.5) is 4.79 Å². The molecule has 1 heterocycles. The maximum absolute atomic E-state index is 12.1. The van der Waals surface area contributed by atoms with Gasteiger partial charge < -0.3 is 14.7 Å². The molecule has 5 heteroatoms. The van der Waals surface area contributed by atoms with E-state index in [1.165, 1.54) is 0 Å². The number of hydrogen-bond acceptors (Lipinski definition) is 4. The summed E-state index contributed by atoms with van der Waals surface area (Å²) in [5.41, 5.74) is 1.01. The minimum absolute atomic E-state index is 0.111. The molecular weight excluding hydrogens is 292 g/mol. The number of ether oxygens (including phenoxy) is 1. The molecule has 0 spiro atoms. The lowest BCUT2D eigenvalue weighted by Gasteiger charge is -2.41. The van der Waals surface area contributed by atoms with E-state index >= 15 is 0 Å². The van der Waals surface area contributed by atoms with Crippen LogP contribution in [-0.2, 0) is 11.3 Å². The Morgan fingerprint density at radius 3 is 2.35 bits per heavy atom. The average Bonchev–Trinajstić information content (AvgIpc) is 2.61. The molecular formula is C18H26N2O3. The van der Waals surface area contributed by atoms with Gasteiger partial charge in [-0.05, 0) is 31.2 Å². The summed E-state index contributed by atoms with van der Waals surface area (Å²) in [5, 5.41) is 9.61. The van der Waals surface area contributed by atoms with Crippen molar-refractivity contribution in [1.29, 1.82) is 0 Å². The quantitative estimate of drug-likeness (QED) is 0.929. The van der Waals surface area contributed by atoms with Crippen molar-refractivity contribution in [2.45, 2.75) is 44.4 Å². The van der Waals surface area contributed by atoms with Gasteiger partial charge in [0.05, 0.1) is 6.10 Å². The third-order valence-electron chi connectivity index (χ3n) is 4.96. The largest absolute Gasteiger partial charge is 0.445 e. The first-order chi connectivity index (χ1) is 11.2. The number of hydrogen-bond donors (Lipinski definition) is 1. The summed E-state index contributed by atoms with van der Waals surface area (Å²) in [6.07, 6.45) is 3.63. The van der Waals surface area contributed by atoms with Gasteiger partial charge in [-0.25, -0.2) is 4.79 Å². The number of amides is 1. The van der Waals surface area contributed by atoms with Gasteiger partial charge in [-0.3, -0.25) is 4.90 Å². The smallest absolute Gasteiger partial charge is 0.410 e. The molecule has 1 aromatic rings. The molecule has 1 amide bonds. The molecule has 0 bridgehead atoms. The molecule has 1 aliphatic carbocycles. The number of rotatable bonds is 3. The number of benzene rings is 1. The molecule has 0 aromatic heterocycles. The number of aliphatic hydroxyl groups is 1. The molecule has 1 saturated heterocycles. The first kappa shape index (κ1) is 16.3. The maximum atomic E-state index is 12.1. The maximum Gasteiger partial charge on any atom is 0.410 e. The normalized spacial score (nSPS) is 26.0. The summed E-state index contributed by atoms with van der Waals surface area (Å²) < 4.78 is 5.40. The van der Waals surface area contributed by atoms with Crippen molar-refractivity contribution in [3.05, 3.63) is 35.9 Å². The van der Waals surface area contributed by atoms with E-state index < -0.39 is 0 Å². The summed E-state index contributed by atoms with van der Waals surface area (Å²) >= 11 is 0. The lowest BCUT2D eigenvalue weighted by Crippen LogP contribution is -2.52. The fourth-order valence-electron chi connectivity index (χ4n) is 3.50. The molecule has 1 saturated carbocycles.